The van der Waals surface area contributed by atoms with E-state index in [1.54, 1.807) is 18.2 Å². The zero-order valence-electron chi connectivity index (χ0n) is 14.4. The summed E-state index contributed by atoms with van der Waals surface area (Å²) in [4.78, 5) is 12.2. The lowest BCUT2D eigenvalue weighted by Crippen LogP contribution is -2.21. The monoisotopic (exact) mass is 355 g/mol. The topological polar surface area (TPSA) is 77.0 Å². The Labute approximate surface area is 151 Å². The summed E-state index contributed by atoms with van der Waals surface area (Å²) < 4.78 is 16.7. The second-order valence-corrected chi connectivity index (χ2v) is 6.43. The quantitative estimate of drug-likeness (QED) is 0.882. The molecule has 136 valence electrons. The van der Waals surface area contributed by atoms with Crippen LogP contribution in [0.15, 0.2) is 36.4 Å². The van der Waals surface area contributed by atoms with Crippen LogP contribution in [0.4, 0.5) is 5.69 Å². The van der Waals surface area contributed by atoms with E-state index in [1.807, 2.05) is 18.2 Å². The van der Waals surface area contributed by atoms with Crippen LogP contribution < -0.4 is 19.5 Å². The van der Waals surface area contributed by atoms with Crippen LogP contribution in [0, 0.1) is 0 Å². The largest absolute Gasteiger partial charge is 0.486 e. The number of nitrogens with one attached hydrogen (secondary N) is 1. The summed E-state index contributed by atoms with van der Waals surface area (Å²) in [5, 5.41) is 12.9. The number of benzene rings is 2. The number of aliphatic hydroxyl groups excluding tert-OH is 1. The van der Waals surface area contributed by atoms with Gasteiger partial charge in [0, 0.05) is 11.8 Å². The first-order chi connectivity index (χ1) is 12.7. The molecule has 2 N–H and O–H groups in total. The molecule has 6 nitrogen and oxygen atoms in total. The van der Waals surface area contributed by atoms with Gasteiger partial charge in [-0.25, -0.2) is 0 Å². The van der Waals surface area contributed by atoms with E-state index in [4.69, 9.17) is 14.2 Å². The third-order valence-electron chi connectivity index (χ3n) is 4.62. The number of ether oxygens (including phenoxy) is 3. The van der Waals surface area contributed by atoms with E-state index in [-0.39, 0.29) is 12.5 Å². The molecule has 2 aliphatic rings. The van der Waals surface area contributed by atoms with Gasteiger partial charge in [0.05, 0.1) is 6.10 Å². The smallest absolute Gasteiger partial charge is 0.262 e. The normalized spacial score (nSPS) is 18.0. The number of amides is 1. The highest BCUT2D eigenvalue weighted by atomic mass is 16.6. The van der Waals surface area contributed by atoms with Crippen molar-refractivity contribution in [3.63, 3.8) is 0 Å². The zero-order valence-corrected chi connectivity index (χ0v) is 14.4. The Morgan fingerprint density at radius 1 is 1.19 bits per heavy atom. The summed E-state index contributed by atoms with van der Waals surface area (Å²) in [7, 11) is 0. The summed E-state index contributed by atoms with van der Waals surface area (Å²) in [5.41, 5.74) is 2.53. The summed E-state index contributed by atoms with van der Waals surface area (Å²) in [5.74, 6) is 1.72. The minimum atomic E-state index is -0.450. The maximum Gasteiger partial charge on any atom is 0.262 e. The van der Waals surface area contributed by atoms with E-state index >= 15 is 0 Å². The van der Waals surface area contributed by atoms with Crippen molar-refractivity contribution in [2.75, 3.05) is 25.1 Å². The molecule has 4 rings (SSSR count). The van der Waals surface area contributed by atoms with Gasteiger partial charge in [-0.05, 0) is 48.6 Å². The standard InChI is InChI=1S/C20H21NO5/c22-16-5-1-4-15-14(16)3-2-6-17(15)26-12-20(23)21-13-7-8-18-19(11-13)25-10-9-24-18/h2-3,6-8,11,16,22H,1,4-5,9-10,12H2,(H,21,23)/t16-/m1/s1. The lowest BCUT2D eigenvalue weighted by atomic mass is 9.89. The summed E-state index contributed by atoms with van der Waals surface area (Å²) in [6, 6.07) is 10.9. The van der Waals surface area contributed by atoms with Crippen LogP contribution >= 0.6 is 0 Å². The molecule has 2 aromatic carbocycles. The van der Waals surface area contributed by atoms with E-state index in [0.29, 0.717) is 36.1 Å². The number of carbonyl (C=O) groups is 1. The number of rotatable bonds is 4. The minimum absolute atomic E-state index is 0.0962. The average Bonchev–Trinajstić information content (AvgIpc) is 2.67. The van der Waals surface area contributed by atoms with E-state index in [9.17, 15) is 9.90 Å². The minimum Gasteiger partial charge on any atom is -0.486 e. The molecule has 0 saturated heterocycles. The molecule has 1 atom stereocenters. The van der Waals surface area contributed by atoms with Gasteiger partial charge in [-0.2, -0.15) is 0 Å². The van der Waals surface area contributed by atoms with Gasteiger partial charge < -0.3 is 24.6 Å². The molecule has 1 amide bonds. The highest BCUT2D eigenvalue weighted by Crippen LogP contribution is 2.35. The summed E-state index contributed by atoms with van der Waals surface area (Å²) in [6.07, 6.45) is 2.08. The van der Waals surface area contributed by atoms with E-state index in [2.05, 4.69) is 5.32 Å². The number of fused-ring (bicyclic) bond motifs is 2. The molecule has 0 unspecified atom stereocenters. The average molecular weight is 355 g/mol. The molecule has 1 heterocycles. The van der Waals surface area contributed by atoms with Crippen molar-refractivity contribution in [1.29, 1.82) is 0 Å². The predicted octanol–water partition coefficient (Wildman–Crippen LogP) is 2.85. The first-order valence-corrected chi connectivity index (χ1v) is 8.83. The van der Waals surface area contributed by atoms with Gasteiger partial charge >= 0.3 is 0 Å². The van der Waals surface area contributed by atoms with Gasteiger partial charge in [0.2, 0.25) is 0 Å². The van der Waals surface area contributed by atoms with Crippen molar-refractivity contribution in [3.05, 3.63) is 47.5 Å². The van der Waals surface area contributed by atoms with E-state index in [0.717, 1.165) is 30.4 Å². The van der Waals surface area contributed by atoms with Gasteiger partial charge in [-0.3, -0.25) is 4.79 Å². The van der Waals surface area contributed by atoms with Crippen LogP contribution in [-0.2, 0) is 11.2 Å². The van der Waals surface area contributed by atoms with Gasteiger partial charge in [0.25, 0.3) is 5.91 Å². The van der Waals surface area contributed by atoms with Gasteiger partial charge in [-0.15, -0.1) is 0 Å². The molecule has 1 aliphatic heterocycles. The Bertz CT molecular complexity index is 820. The molecular formula is C20H21NO5. The highest BCUT2D eigenvalue weighted by molar-refractivity contribution is 5.92. The molecule has 0 bridgehead atoms. The molecular weight excluding hydrogens is 334 g/mol. The highest BCUT2D eigenvalue weighted by Gasteiger charge is 2.21. The molecule has 26 heavy (non-hydrogen) atoms. The van der Waals surface area contributed by atoms with Gasteiger partial charge in [0.15, 0.2) is 18.1 Å². The number of aliphatic hydroxyl groups is 1. The van der Waals surface area contributed by atoms with Crippen molar-refractivity contribution in [2.45, 2.75) is 25.4 Å². The number of anilines is 1. The van der Waals surface area contributed by atoms with Crippen LogP contribution in [0.1, 0.15) is 30.1 Å². The van der Waals surface area contributed by atoms with Crippen LogP contribution in [-0.4, -0.2) is 30.8 Å². The first kappa shape index (κ1) is 16.7. The number of hydrogen-bond acceptors (Lipinski definition) is 5. The third kappa shape index (κ3) is 3.46. The lowest BCUT2D eigenvalue weighted by molar-refractivity contribution is -0.118. The SMILES string of the molecule is O=C(COc1cccc2c1CCC[C@H]2O)Nc1ccc2c(c1)OCCO2. The summed E-state index contributed by atoms with van der Waals surface area (Å²) >= 11 is 0. The van der Waals surface area contributed by atoms with Crippen molar-refractivity contribution in [2.24, 2.45) is 0 Å². The Morgan fingerprint density at radius 2 is 2.04 bits per heavy atom. The molecule has 2 aromatic rings. The molecule has 0 radical (unpaired) electrons. The maximum atomic E-state index is 12.2. The number of carbonyl (C=O) groups excluding carboxylic acids is 1. The fraction of sp³-hybridized carbons (Fsp3) is 0.350. The van der Waals surface area contributed by atoms with E-state index < -0.39 is 6.10 Å². The Kier molecular flexibility index (Phi) is 4.67. The summed E-state index contributed by atoms with van der Waals surface area (Å²) in [6.45, 7) is 0.933. The molecule has 0 spiro atoms. The molecule has 0 fully saturated rings. The van der Waals surface area contributed by atoms with Crippen molar-refractivity contribution >= 4 is 11.6 Å². The maximum absolute atomic E-state index is 12.2. The van der Waals surface area contributed by atoms with Crippen molar-refractivity contribution in [3.8, 4) is 17.2 Å². The van der Waals surface area contributed by atoms with Crippen LogP contribution in [0.2, 0.25) is 0 Å². The van der Waals surface area contributed by atoms with Crippen LogP contribution in [0.3, 0.4) is 0 Å². The van der Waals surface area contributed by atoms with Crippen LogP contribution in [0.25, 0.3) is 0 Å². The van der Waals surface area contributed by atoms with Gasteiger partial charge in [0.1, 0.15) is 19.0 Å². The fourth-order valence-electron chi connectivity index (χ4n) is 3.39. The second kappa shape index (κ2) is 7.25. The van der Waals surface area contributed by atoms with Gasteiger partial charge in [-0.1, -0.05) is 12.1 Å². The van der Waals surface area contributed by atoms with E-state index in [1.165, 1.54) is 0 Å². The molecule has 6 heteroatoms. The number of hydrogen-bond donors (Lipinski definition) is 2. The lowest BCUT2D eigenvalue weighted by Gasteiger charge is -2.23. The molecule has 1 aliphatic carbocycles. The van der Waals surface area contributed by atoms with Crippen molar-refractivity contribution in [1.82, 2.24) is 0 Å². The Hall–Kier alpha value is -2.73. The zero-order chi connectivity index (χ0) is 17.9. The molecule has 0 saturated carbocycles. The molecule has 0 aromatic heterocycles. The first-order valence-electron chi connectivity index (χ1n) is 8.83. The predicted molar refractivity (Wildman–Crippen MR) is 95.9 cm³/mol. The second-order valence-electron chi connectivity index (χ2n) is 6.43. The Morgan fingerprint density at radius 3 is 2.92 bits per heavy atom. The third-order valence-corrected chi connectivity index (χ3v) is 4.62. The fourth-order valence-corrected chi connectivity index (χ4v) is 3.39. The van der Waals surface area contributed by atoms with Crippen LogP contribution in [0.5, 0.6) is 17.2 Å². The Balaban J connectivity index is 1.40. The van der Waals surface area contributed by atoms with Crippen molar-refractivity contribution < 1.29 is 24.1 Å².